The highest BCUT2D eigenvalue weighted by molar-refractivity contribution is 5.92. The molecule has 138 valence electrons. The third-order valence-electron chi connectivity index (χ3n) is 4.89. The molecule has 1 aromatic heterocycles. The molecule has 0 radical (unpaired) electrons. The van der Waals surface area contributed by atoms with Gasteiger partial charge in [0.25, 0.3) is 0 Å². The lowest BCUT2D eigenvalue weighted by Gasteiger charge is -2.28. The van der Waals surface area contributed by atoms with Crippen molar-refractivity contribution >= 4 is 17.3 Å². The van der Waals surface area contributed by atoms with Crippen LogP contribution < -0.4 is 10.2 Å². The van der Waals surface area contributed by atoms with Crippen LogP contribution in [0.5, 0.6) is 0 Å². The first-order chi connectivity index (χ1) is 13.3. The van der Waals surface area contributed by atoms with Gasteiger partial charge in [0.1, 0.15) is 0 Å². The van der Waals surface area contributed by atoms with E-state index in [1.165, 1.54) is 24.9 Å². The number of piperidine rings is 1. The van der Waals surface area contributed by atoms with Crippen LogP contribution in [0.3, 0.4) is 0 Å². The van der Waals surface area contributed by atoms with Gasteiger partial charge in [0.05, 0.1) is 18.3 Å². The molecule has 0 spiro atoms. The minimum atomic E-state index is -0.0339. The van der Waals surface area contributed by atoms with Crippen molar-refractivity contribution in [1.29, 1.82) is 0 Å². The standard InChI is InChI=1S/C22H24N4O/c27-22(15-18-16-23-26(17-18)21-7-3-1-4-8-21)24-19-9-11-20(12-10-19)25-13-5-2-6-14-25/h1,3-4,7-12,16-17H,2,5-6,13-15H2,(H,24,27). The van der Waals surface area contributed by atoms with Crippen molar-refractivity contribution in [2.24, 2.45) is 0 Å². The maximum atomic E-state index is 12.4. The first-order valence-electron chi connectivity index (χ1n) is 9.52. The Hall–Kier alpha value is -3.08. The minimum absolute atomic E-state index is 0.0339. The van der Waals surface area contributed by atoms with Gasteiger partial charge < -0.3 is 10.2 Å². The van der Waals surface area contributed by atoms with E-state index in [1.54, 1.807) is 10.9 Å². The van der Waals surface area contributed by atoms with Crippen LogP contribution in [0.1, 0.15) is 24.8 Å². The highest BCUT2D eigenvalue weighted by Crippen LogP contribution is 2.22. The molecular weight excluding hydrogens is 336 g/mol. The lowest BCUT2D eigenvalue weighted by Crippen LogP contribution is -2.29. The monoisotopic (exact) mass is 360 g/mol. The van der Waals surface area contributed by atoms with Gasteiger partial charge in [-0.1, -0.05) is 18.2 Å². The molecular formula is C22H24N4O. The van der Waals surface area contributed by atoms with Crippen LogP contribution in [0.4, 0.5) is 11.4 Å². The molecule has 1 aliphatic heterocycles. The summed E-state index contributed by atoms with van der Waals surface area (Å²) in [5.41, 5.74) is 3.94. The zero-order valence-electron chi connectivity index (χ0n) is 15.3. The van der Waals surface area contributed by atoms with E-state index in [4.69, 9.17) is 0 Å². The molecule has 2 heterocycles. The Labute approximate surface area is 159 Å². The molecule has 0 bridgehead atoms. The topological polar surface area (TPSA) is 50.2 Å². The van der Waals surface area contributed by atoms with E-state index in [0.717, 1.165) is 30.0 Å². The molecule has 27 heavy (non-hydrogen) atoms. The molecule has 1 fully saturated rings. The summed E-state index contributed by atoms with van der Waals surface area (Å²) in [6.07, 6.45) is 7.79. The number of carbonyl (C=O) groups is 1. The number of anilines is 2. The highest BCUT2D eigenvalue weighted by Gasteiger charge is 2.11. The smallest absolute Gasteiger partial charge is 0.228 e. The molecule has 5 nitrogen and oxygen atoms in total. The van der Waals surface area contributed by atoms with Crippen LogP contribution in [0.2, 0.25) is 0 Å². The number of nitrogens with zero attached hydrogens (tertiary/aromatic N) is 3. The van der Waals surface area contributed by atoms with Crippen molar-refractivity contribution < 1.29 is 4.79 Å². The summed E-state index contributed by atoms with van der Waals surface area (Å²) in [4.78, 5) is 14.8. The fourth-order valence-electron chi connectivity index (χ4n) is 3.47. The van der Waals surface area contributed by atoms with Crippen LogP contribution >= 0.6 is 0 Å². The molecule has 4 rings (SSSR count). The minimum Gasteiger partial charge on any atom is -0.372 e. The van der Waals surface area contributed by atoms with Gasteiger partial charge >= 0.3 is 0 Å². The van der Waals surface area contributed by atoms with Gasteiger partial charge in [-0.25, -0.2) is 4.68 Å². The molecule has 0 atom stereocenters. The second-order valence-corrected chi connectivity index (χ2v) is 6.95. The van der Waals surface area contributed by atoms with Crippen molar-refractivity contribution in [2.75, 3.05) is 23.3 Å². The summed E-state index contributed by atoms with van der Waals surface area (Å²) in [6.45, 7) is 2.24. The molecule has 3 aromatic rings. The number of para-hydroxylation sites is 1. The Morgan fingerprint density at radius 3 is 2.41 bits per heavy atom. The van der Waals surface area contributed by atoms with E-state index in [0.29, 0.717) is 6.42 Å². The first-order valence-corrected chi connectivity index (χ1v) is 9.52. The highest BCUT2D eigenvalue weighted by atomic mass is 16.1. The van der Waals surface area contributed by atoms with E-state index in [1.807, 2.05) is 48.7 Å². The van der Waals surface area contributed by atoms with Crippen molar-refractivity contribution in [1.82, 2.24) is 9.78 Å². The zero-order valence-corrected chi connectivity index (χ0v) is 15.3. The van der Waals surface area contributed by atoms with E-state index in [9.17, 15) is 4.79 Å². The van der Waals surface area contributed by atoms with E-state index >= 15 is 0 Å². The number of benzene rings is 2. The van der Waals surface area contributed by atoms with Crippen LogP contribution in [0, 0.1) is 0 Å². The molecule has 1 aliphatic rings. The maximum absolute atomic E-state index is 12.4. The number of nitrogens with one attached hydrogen (secondary N) is 1. The molecule has 1 N–H and O–H groups in total. The van der Waals surface area contributed by atoms with Crippen molar-refractivity contribution in [3.63, 3.8) is 0 Å². The summed E-state index contributed by atoms with van der Waals surface area (Å²) in [7, 11) is 0. The Balaban J connectivity index is 1.35. The lowest BCUT2D eigenvalue weighted by atomic mass is 10.1. The first kappa shape index (κ1) is 17.3. The Kier molecular flexibility index (Phi) is 5.19. The SMILES string of the molecule is O=C(Cc1cnn(-c2ccccc2)c1)Nc1ccc(N2CCCCC2)cc1. The summed E-state index contributed by atoms with van der Waals surface area (Å²) >= 11 is 0. The lowest BCUT2D eigenvalue weighted by molar-refractivity contribution is -0.115. The molecule has 0 aliphatic carbocycles. The van der Waals surface area contributed by atoms with Crippen LogP contribution in [-0.4, -0.2) is 28.8 Å². The van der Waals surface area contributed by atoms with Crippen LogP contribution in [0.25, 0.3) is 5.69 Å². The summed E-state index contributed by atoms with van der Waals surface area (Å²) in [5.74, 6) is -0.0339. The largest absolute Gasteiger partial charge is 0.372 e. The number of hydrogen-bond acceptors (Lipinski definition) is 3. The van der Waals surface area contributed by atoms with Crippen molar-refractivity contribution in [3.8, 4) is 5.69 Å². The fraction of sp³-hybridized carbons (Fsp3) is 0.273. The van der Waals surface area contributed by atoms with Gasteiger partial charge in [-0.05, 0) is 61.2 Å². The zero-order chi connectivity index (χ0) is 18.5. The average Bonchev–Trinajstić information content (AvgIpc) is 3.18. The Morgan fingerprint density at radius 2 is 1.67 bits per heavy atom. The Bertz CT molecular complexity index is 880. The number of carbonyl (C=O) groups excluding carboxylic acids is 1. The van der Waals surface area contributed by atoms with Gasteiger partial charge in [-0.15, -0.1) is 0 Å². The summed E-state index contributed by atoms with van der Waals surface area (Å²) in [5, 5.41) is 7.32. The van der Waals surface area contributed by atoms with Crippen LogP contribution in [0.15, 0.2) is 67.0 Å². The van der Waals surface area contributed by atoms with Gasteiger partial charge in [0.15, 0.2) is 0 Å². The van der Waals surface area contributed by atoms with Crippen LogP contribution in [-0.2, 0) is 11.2 Å². The normalized spacial score (nSPS) is 14.1. The second kappa shape index (κ2) is 8.08. The van der Waals surface area contributed by atoms with Gasteiger partial charge in [0.2, 0.25) is 5.91 Å². The molecule has 0 saturated carbocycles. The average molecular weight is 360 g/mol. The van der Waals surface area contributed by atoms with E-state index < -0.39 is 0 Å². The quantitative estimate of drug-likeness (QED) is 0.747. The fourth-order valence-corrected chi connectivity index (χ4v) is 3.47. The third-order valence-corrected chi connectivity index (χ3v) is 4.89. The van der Waals surface area contributed by atoms with Gasteiger partial charge in [0, 0.05) is 30.7 Å². The van der Waals surface area contributed by atoms with E-state index in [-0.39, 0.29) is 5.91 Å². The molecule has 1 saturated heterocycles. The summed E-state index contributed by atoms with van der Waals surface area (Å²) in [6, 6.07) is 18.0. The molecule has 5 heteroatoms. The molecule has 1 amide bonds. The Morgan fingerprint density at radius 1 is 0.926 bits per heavy atom. The summed E-state index contributed by atoms with van der Waals surface area (Å²) < 4.78 is 1.79. The number of rotatable bonds is 5. The number of amides is 1. The maximum Gasteiger partial charge on any atom is 0.228 e. The molecule has 0 unspecified atom stereocenters. The number of hydrogen-bond donors (Lipinski definition) is 1. The third kappa shape index (κ3) is 4.37. The number of aromatic nitrogens is 2. The van der Waals surface area contributed by atoms with Gasteiger partial charge in [-0.2, -0.15) is 5.10 Å². The van der Waals surface area contributed by atoms with Gasteiger partial charge in [-0.3, -0.25) is 4.79 Å². The molecule has 2 aromatic carbocycles. The predicted octanol–water partition coefficient (Wildman–Crippen LogP) is 4.04. The van der Waals surface area contributed by atoms with Crippen molar-refractivity contribution in [3.05, 3.63) is 72.6 Å². The predicted molar refractivity (Wildman–Crippen MR) is 108 cm³/mol. The van der Waals surface area contributed by atoms with Crippen molar-refractivity contribution in [2.45, 2.75) is 25.7 Å². The van der Waals surface area contributed by atoms with E-state index in [2.05, 4.69) is 27.4 Å². The second-order valence-electron chi connectivity index (χ2n) is 6.95.